The number of carbonyl (C=O) groups excluding carboxylic acids is 2. The average molecular weight is 392 g/mol. The van der Waals surface area contributed by atoms with Gasteiger partial charge in [-0.2, -0.15) is 0 Å². The first kappa shape index (κ1) is 19.1. The summed E-state index contributed by atoms with van der Waals surface area (Å²) in [6.45, 7) is 1.63. The Balaban J connectivity index is 1.94. The molecular weight excluding hydrogens is 371 g/mol. The Hall–Kier alpha value is -2.65. The number of rotatable bonds is 5. The Morgan fingerprint density at radius 2 is 2.19 bits per heavy atom. The highest BCUT2D eigenvalue weighted by atomic mass is 32.1. The first-order valence-electron chi connectivity index (χ1n) is 8.53. The van der Waals surface area contributed by atoms with Crippen LogP contribution >= 0.6 is 11.3 Å². The molecule has 3 rings (SSSR count). The van der Waals surface area contributed by atoms with E-state index in [1.54, 1.807) is 6.07 Å². The quantitative estimate of drug-likeness (QED) is 0.627. The lowest BCUT2D eigenvalue weighted by atomic mass is 10.1. The normalized spacial score (nSPS) is 16.6. The first-order chi connectivity index (χ1) is 13.0. The number of hydrogen-bond acceptors (Lipinski definition) is 5. The van der Waals surface area contributed by atoms with Gasteiger partial charge in [0.1, 0.15) is 16.4 Å². The number of methoxy groups -OCH3 is 1. The molecule has 1 aromatic heterocycles. The molecule has 144 valence electrons. The zero-order valence-electron chi connectivity index (χ0n) is 14.8. The molecule has 3 amide bonds. The largest absolute Gasteiger partial charge is 0.496 e. The van der Waals surface area contributed by atoms with E-state index >= 15 is 0 Å². The molecule has 1 aliphatic rings. The van der Waals surface area contributed by atoms with E-state index in [1.165, 1.54) is 25.3 Å². The molecule has 1 saturated heterocycles. The number of piperidine rings is 1. The van der Waals surface area contributed by atoms with Crippen LogP contribution in [0.15, 0.2) is 24.3 Å². The van der Waals surface area contributed by atoms with Crippen LogP contribution in [0.5, 0.6) is 5.75 Å². The van der Waals surface area contributed by atoms with Crippen molar-refractivity contribution in [3.8, 4) is 16.2 Å². The van der Waals surface area contributed by atoms with Crippen LogP contribution in [0, 0.1) is 5.82 Å². The third-order valence-electron chi connectivity index (χ3n) is 4.26. The minimum atomic E-state index is -0.779. The lowest BCUT2D eigenvalue weighted by molar-refractivity contribution is 0.0935. The monoisotopic (exact) mass is 392 g/mol. The third kappa shape index (κ3) is 4.55. The highest BCUT2D eigenvalue weighted by molar-refractivity contribution is 7.18. The predicted octanol–water partition coefficient (Wildman–Crippen LogP) is 2.54. The van der Waals surface area contributed by atoms with E-state index in [1.807, 2.05) is 0 Å². The van der Waals surface area contributed by atoms with Crippen molar-refractivity contribution in [2.75, 3.05) is 25.5 Å². The number of ether oxygens (including phenoxy) is 1. The molecule has 0 saturated carbocycles. The van der Waals surface area contributed by atoms with Gasteiger partial charge in [0.25, 0.3) is 5.91 Å². The average Bonchev–Trinajstić information content (AvgIpc) is 3.05. The van der Waals surface area contributed by atoms with Crippen LogP contribution in [0.4, 0.5) is 14.9 Å². The molecule has 0 bridgehead atoms. The minimum absolute atomic E-state index is 0.0157. The van der Waals surface area contributed by atoms with E-state index in [0.29, 0.717) is 27.6 Å². The van der Waals surface area contributed by atoms with Gasteiger partial charge in [-0.15, -0.1) is 11.3 Å². The van der Waals surface area contributed by atoms with Crippen LogP contribution in [0.1, 0.15) is 22.5 Å². The van der Waals surface area contributed by atoms with E-state index in [9.17, 15) is 14.0 Å². The SMILES string of the molecule is COc1ccc(F)cc1-c1cc(NC(N)=O)c(C(=O)NC2CCCNC2)s1. The molecule has 9 heteroatoms. The number of nitrogens with one attached hydrogen (secondary N) is 3. The first-order valence-corrected chi connectivity index (χ1v) is 9.35. The number of benzene rings is 1. The summed E-state index contributed by atoms with van der Waals surface area (Å²) >= 11 is 1.14. The molecule has 7 nitrogen and oxygen atoms in total. The summed E-state index contributed by atoms with van der Waals surface area (Å²) in [6.07, 6.45) is 1.86. The van der Waals surface area contributed by atoms with Crippen LogP contribution in [-0.4, -0.2) is 38.2 Å². The molecule has 1 aromatic carbocycles. The summed E-state index contributed by atoms with van der Waals surface area (Å²) in [5.41, 5.74) is 6.02. The second kappa shape index (κ2) is 8.36. The number of nitrogens with two attached hydrogens (primary N) is 1. The van der Waals surface area contributed by atoms with Crippen molar-refractivity contribution in [2.45, 2.75) is 18.9 Å². The van der Waals surface area contributed by atoms with Crippen molar-refractivity contribution in [3.05, 3.63) is 35.0 Å². The Labute approximate surface area is 160 Å². The van der Waals surface area contributed by atoms with Crippen molar-refractivity contribution < 1.29 is 18.7 Å². The number of amides is 3. The van der Waals surface area contributed by atoms with E-state index in [-0.39, 0.29) is 17.6 Å². The number of hydrogen-bond donors (Lipinski definition) is 4. The minimum Gasteiger partial charge on any atom is -0.496 e. The number of urea groups is 1. The van der Waals surface area contributed by atoms with Crippen LogP contribution in [0.2, 0.25) is 0 Å². The van der Waals surface area contributed by atoms with E-state index in [2.05, 4.69) is 16.0 Å². The van der Waals surface area contributed by atoms with E-state index < -0.39 is 11.8 Å². The summed E-state index contributed by atoms with van der Waals surface area (Å²) in [7, 11) is 1.48. The molecule has 0 aliphatic carbocycles. The molecule has 2 aromatic rings. The fourth-order valence-electron chi connectivity index (χ4n) is 3.02. The van der Waals surface area contributed by atoms with Gasteiger partial charge in [-0.05, 0) is 43.7 Å². The summed E-state index contributed by atoms with van der Waals surface area (Å²) in [4.78, 5) is 25.0. The maximum Gasteiger partial charge on any atom is 0.316 e. The zero-order chi connectivity index (χ0) is 19.4. The maximum atomic E-state index is 13.7. The predicted molar refractivity (Wildman–Crippen MR) is 103 cm³/mol. The topological polar surface area (TPSA) is 105 Å². The van der Waals surface area contributed by atoms with Gasteiger partial charge in [-0.1, -0.05) is 0 Å². The molecule has 0 spiro atoms. The second-order valence-corrected chi connectivity index (χ2v) is 7.26. The van der Waals surface area contributed by atoms with Gasteiger partial charge in [0.2, 0.25) is 0 Å². The van der Waals surface area contributed by atoms with Crippen LogP contribution in [-0.2, 0) is 0 Å². The summed E-state index contributed by atoms with van der Waals surface area (Å²) in [5, 5.41) is 8.67. The molecule has 1 atom stereocenters. The van der Waals surface area contributed by atoms with Crippen LogP contribution in [0.25, 0.3) is 10.4 Å². The molecule has 1 aliphatic heterocycles. The summed E-state index contributed by atoms with van der Waals surface area (Å²) < 4.78 is 19.0. The number of thiophene rings is 1. The van der Waals surface area contributed by atoms with Gasteiger partial charge in [0.05, 0.1) is 12.8 Å². The number of halogens is 1. The maximum absolute atomic E-state index is 13.7. The lowest BCUT2D eigenvalue weighted by Crippen LogP contribution is -2.45. The van der Waals surface area contributed by atoms with Crippen LogP contribution in [0.3, 0.4) is 0 Å². The van der Waals surface area contributed by atoms with Gasteiger partial charge >= 0.3 is 6.03 Å². The highest BCUT2D eigenvalue weighted by Crippen LogP contribution is 2.39. The van der Waals surface area contributed by atoms with Crippen molar-refractivity contribution in [1.82, 2.24) is 10.6 Å². The van der Waals surface area contributed by atoms with Crippen molar-refractivity contribution in [3.63, 3.8) is 0 Å². The van der Waals surface area contributed by atoms with Gasteiger partial charge in [-0.25, -0.2) is 9.18 Å². The Kier molecular flexibility index (Phi) is 5.92. The number of primary amides is 1. The fourth-order valence-corrected chi connectivity index (χ4v) is 4.05. The molecule has 1 fully saturated rings. The third-order valence-corrected chi connectivity index (χ3v) is 5.42. The van der Waals surface area contributed by atoms with E-state index in [4.69, 9.17) is 10.5 Å². The Morgan fingerprint density at radius 3 is 2.85 bits per heavy atom. The highest BCUT2D eigenvalue weighted by Gasteiger charge is 2.23. The molecule has 27 heavy (non-hydrogen) atoms. The smallest absolute Gasteiger partial charge is 0.316 e. The Bertz CT molecular complexity index is 849. The molecule has 1 unspecified atom stereocenters. The van der Waals surface area contributed by atoms with Gasteiger partial charge in [0.15, 0.2) is 0 Å². The summed E-state index contributed by atoms with van der Waals surface area (Å²) in [5.74, 6) is -0.270. The molecule has 0 radical (unpaired) electrons. The molecule has 5 N–H and O–H groups in total. The lowest BCUT2D eigenvalue weighted by Gasteiger charge is -2.23. The standard InChI is InChI=1S/C18H21FN4O3S/c1-26-14-5-4-10(19)7-12(14)15-8-13(23-18(20)25)16(27-15)17(24)22-11-3-2-6-21-9-11/h4-5,7-8,11,21H,2-3,6,9H2,1H3,(H,22,24)(H3,20,23,25). The van der Waals surface area contributed by atoms with Gasteiger partial charge in [-0.3, -0.25) is 4.79 Å². The molecule has 2 heterocycles. The number of anilines is 1. The van der Waals surface area contributed by atoms with Gasteiger partial charge < -0.3 is 26.4 Å². The molecular formula is C18H21FN4O3S. The van der Waals surface area contributed by atoms with Crippen molar-refractivity contribution in [1.29, 1.82) is 0 Å². The van der Waals surface area contributed by atoms with Crippen molar-refractivity contribution >= 4 is 29.0 Å². The van der Waals surface area contributed by atoms with E-state index in [0.717, 1.165) is 30.7 Å². The van der Waals surface area contributed by atoms with Crippen molar-refractivity contribution in [2.24, 2.45) is 5.73 Å². The van der Waals surface area contributed by atoms with Gasteiger partial charge in [0, 0.05) is 23.0 Å². The number of carbonyl (C=O) groups is 2. The second-order valence-electron chi connectivity index (χ2n) is 6.20. The van der Waals surface area contributed by atoms with Crippen LogP contribution < -0.4 is 26.4 Å². The fraction of sp³-hybridized carbons (Fsp3) is 0.333. The Morgan fingerprint density at radius 1 is 1.37 bits per heavy atom. The summed E-state index contributed by atoms with van der Waals surface area (Å²) in [6, 6.07) is 4.97. The zero-order valence-corrected chi connectivity index (χ0v) is 15.6.